The third-order valence-electron chi connectivity index (χ3n) is 2.70. The number of carbonyl (C=O) groups excluding carboxylic acids is 1. The van der Waals surface area contributed by atoms with Gasteiger partial charge in [-0.3, -0.25) is 9.59 Å². The zero-order chi connectivity index (χ0) is 11.7. The summed E-state index contributed by atoms with van der Waals surface area (Å²) in [4.78, 5) is 23.9. The molecule has 0 radical (unpaired) electrons. The molecule has 1 heterocycles. The second kappa shape index (κ2) is 3.84. The van der Waals surface area contributed by atoms with E-state index in [2.05, 4.69) is 0 Å². The number of amides is 1. The van der Waals surface area contributed by atoms with Crippen LogP contribution in [0, 0.1) is 5.92 Å². The first-order chi connectivity index (χ1) is 7.59. The molecule has 0 aromatic heterocycles. The van der Waals surface area contributed by atoms with Crippen molar-refractivity contribution >= 4 is 23.3 Å². The molecule has 1 fully saturated rings. The number of carboxylic acid groups (broad SMARTS) is 1. The summed E-state index contributed by atoms with van der Waals surface area (Å²) >= 11 is 0. The van der Waals surface area contributed by atoms with Crippen LogP contribution in [0.3, 0.4) is 0 Å². The minimum absolute atomic E-state index is 0.0453. The van der Waals surface area contributed by atoms with Crippen LogP contribution < -0.4 is 10.6 Å². The predicted molar refractivity (Wildman–Crippen MR) is 59.0 cm³/mol. The van der Waals surface area contributed by atoms with E-state index in [1.54, 1.807) is 24.3 Å². The average Bonchev–Trinajstić information content (AvgIpc) is 2.61. The summed E-state index contributed by atoms with van der Waals surface area (Å²) in [7, 11) is 0. The van der Waals surface area contributed by atoms with Gasteiger partial charge in [-0.25, -0.2) is 0 Å². The van der Waals surface area contributed by atoms with Gasteiger partial charge < -0.3 is 15.7 Å². The third kappa shape index (κ3) is 1.71. The Balaban J connectivity index is 2.27. The molecule has 84 valence electrons. The molecule has 0 bridgehead atoms. The Labute approximate surface area is 92.5 Å². The summed E-state index contributed by atoms with van der Waals surface area (Å²) in [5.74, 6) is -1.76. The maximum absolute atomic E-state index is 11.6. The lowest BCUT2D eigenvalue weighted by molar-refractivity contribution is -0.141. The number of hydrogen-bond acceptors (Lipinski definition) is 3. The fourth-order valence-electron chi connectivity index (χ4n) is 1.84. The molecule has 1 atom stereocenters. The summed E-state index contributed by atoms with van der Waals surface area (Å²) in [6, 6.07) is 6.95. The van der Waals surface area contributed by atoms with Gasteiger partial charge in [0.25, 0.3) is 0 Å². The highest BCUT2D eigenvalue weighted by molar-refractivity contribution is 6.01. The molecular formula is C11H12N2O3. The highest BCUT2D eigenvalue weighted by Crippen LogP contribution is 2.29. The molecule has 1 aliphatic heterocycles. The highest BCUT2D eigenvalue weighted by atomic mass is 16.4. The van der Waals surface area contributed by atoms with Gasteiger partial charge in [0.15, 0.2) is 0 Å². The number of nitrogens with two attached hydrogens (primary N) is 1. The number of rotatable bonds is 2. The van der Waals surface area contributed by atoms with Crippen molar-refractivity contribution in [3.63, 3.8) is 0 Å². The van der Waals surface area contributed by atoms with Crippen molar-refractivity contribution in [2.45, 2.75) is 6.42 Å². The predicted octanol–water partition coefficient (Wildman–Crippen LogP) is 0.706. The largest absolute Gasteiger partial charge is 0.481 e. The number of carbonyl (C=O) groups is 2. The van der Waals surface area contributed by atoms with E-state index in [9.17, 15) is 9.59 Å². The molecule has 3 N–H and O–H groups in total. The van der Waals surface area contributed by atoms with Crippen molar-refractivity contribution in [1.29, 1.82) is 0 Å². The molecule has 1 saturated heterocycles. The zero-order valence-electron chi connectivity index (χ0n) is 8.59. The van der Waals surface area contributed by atoms with Gasteiger partial charge >= 0.3 is 5.97 Å². The van der Waals surface area contributed by atoms with Crippen LogP contribution in [0.15, 0.2) is 24.3 Å². The van der Waals surface area contributed by atoms with Gasteiger partial charge in [-0.2, -0.15) is 0 Å². The number of benzene rings is 1. The standard InChI is InChI=1S/C11H12N2O3/c12-8-3-1-2-4-9(8)13-6-7(11(15)16)5-10(13)14/h1-4,7H,5-6,12H2,(H,15,16). The van der Waals surface area contributed by atoms with Crippen LogP contribution in [0.5, 0.6) is 0 Å². The number of anilines is 2. The second-order valence-corrected chi connectivity index (χ2v) is 3.80. The molecule has 0 aliphatic carbocycles. The van der Waals surface area contributed by atoms with E-state index < -0.39 is 11.9 Å². The van der Waals surface area contributed by atoms with Gasteiger partial charge in [0.1, 0.15) is 0 Å². The SMILES string of the molecule is Nc1ccccc1N1CC(C(=O)O)CC1=O. The Morgan fingerprint density at radius 3 is 2.69 bits per heavy atom. The Morgan fingerprint density at radius 2 is 2.12 bits per heavy atom. The smallest absolute Gasteiger partial charge is 0.308 e. The molecule has 1 aliphatic rings. The van der Waals surface area contributed by atoms with Crippen molar-refractivity contribution in [1.82, 2.24) is 0 Å². The normalized spacial score (nSPS) is 20.1. The van der Waals surface area contributed by atoms with E-state index >= 15 is 0 Å². The Kier molecular flexibility index (Phi) is 2.52. The van der Waals surface area contributed by atoms with Crippen molar-refractivity contribution in [3.05, 3.63) is 24.3 Å². The summed E-state index contributed by atoms with van der Waals surface area (Å²) in [6.45, 7) is 0.197. The summed E-state index contributed by atoms with van der Waals surface area (Å²) in [5.41, 5.74) is 6.82. The van der Waals surface area contributed by atoms with E-state index in [0.717, 1.165) is 0 Å². The van der Waals surface area contributed by atoms with Crippen LogP contribution in [0.1, 0.15) is 6.42 Å². The van der Waals surface area contributed by atoms with E-state index in [4.69, 9.17) is 10.8 Å². The van der Waals surface area contributed by atoms with Gasteiger partial charge in [-0.15, -0.1) is 0 Å². The lowest BCUT2D eigenvalue weighted by Gasteiger charge is -2.17. The number of hydrogen-bond donors (Lipinski definition) is 2. The quantitative estimate of drug-likeness (QED) is 0.719. The van der Waals surface area contributed by atoms with E-state index in [0.29, 0.717) is 11.4 Å². The van der Waals surface area contributed by atoms with Crippen molar-refractivity contribution < 1.29 is 14.7 Å². The number of carboxylic acids is 1. The maximum Gasteiger partial charge on any atom is 0.308 e. The molecular weight excluding hydrogens is 208 g/mol. The van der Waals surface area contributed by atoms with Gasteiger partial charge in [0, 0.05) is 13.0 Å². The first kappa shape index (κ1) is 10.5. The second-order valence-electron chi connectivity index (χ2n) is 3.80. The Hall–Kier alpha value is -2.04. The number of nitrogen functional groups attached to an aromatic ring is 1. The minimum atomic E-state index is -0.939. The van der Waals surface area contributed by atoms with E-state index in [-0.39, 0.29) is 18.9 Å². The number of aliphatic carboxylic acids is 1. The highest BCUT2D eigenvalue weighted by Gasteiger charge is 2.35. The Morgan fingerprint density at radius 1 is 1.44 bits per heavy atom. The molecule has 0 saturated carbocycles. The van der Waals surface area contributed by atoms with Crippen LogP contribution in [0.4, 0.5) is 11.4 Å². The minimum Gasteiger partial charge on any atom is -0.481 e. The van der Waals surface area contributed by atoms with Gasteiger partial charge in [-0.05, 0) is 12.1 Å². The molecule has 5 nitrogen and oxygen atoms in total. The van der Waals surface area contributed by atoms with Crippen molar-refractivity contribution in [2.75, 3.05) is 17.2 Å². The van der Waals surface area contributed by atoms with Crippen LogP contribution in [0.25, 0.3) is 0 Å². The summed E-state index contributed by atoms with van der Waals surface area (Å²) in [6.07, 6.45) is 0.0453. The fraction of sp³-hybridized carbons (Fsp3) is 0.273. The summed E-state index contributed by atoms with van der Waals surface area (Å²) in [5, 5.41) is 8.85. The lowest BCUT2D eigenvalue weighted by atomic mass is 10.1. The van der Waals surface area contributed by atoms with Crippen molar-refractivity contribution in [3.8, 4) is 0 Å². The topological polar surface area (TPSA) is 83.6 Å². The molecule has 16 heavy (non-hydrogen) atoms. The third-order valence-corrected chi connectivity index (χ3v) is 2.70. The van der Waals surface area contributed by atoms with Crippen LogP contribution in [-0.4, -0.2) is 23.5 Å². The molecule has 1 unspecified atom stereocenters. The van der Waals surface area contributed by atoms with Gasteiger partial charge in [0.05, 0.1) is 17.3 Å². The van der Waals surface area contributed by atoms with Crippen LogP contribution in [0.2, 0.25) is 0 Å². The van der Waals surface area contributed by atoms with Crippen molar-refractivity contribution in [2.24, 2.45) is 5.92 Å². The van der Waals surface area contributed by atoms with Gasteiger partial charge in [-0.1, -0.05) is 12.1 Å². The zero-order valence-corrected chi connectivity index (χ0v) is 8.59. The first-order valence-corrected chi connectivity index (χ1v) is 4.97. The number of para-hydroxylation sites is 2. The molecule has 1 aromatic rings. The lowest BCUT2D eigenvalue weighted by Crippen LogP contribution is -2.26. The van der Waals surface area contributed by atoms with E-state index in [1.165, 1.54) is 4.90 Å². The van der Waals surface area contributed by atoms with E-state index in [1.807, 2.05) is 0 Å². The first-order valence-electron chi connectivity index (χ1n) is 4.97. The maximum atomic E-state index is 11.6. The van der Waals surface area contributed by atoms with Gasteiger partial charge in [0.2, 0.25) is 5.91 Å². The molecule has 5 heteroatoms. The molecule has 0 spiro atoms. The fourth-order valence-corrected chi connectivity index (χ4v) is 1.84. The molecule has 2 rings (SSSR count). The monoisotopic (exact) mass is 220 g/mol. The Bertz CT molecular complexity index is 445. The average molecular weight is 220 g/mol. The van der Waals surface area contributed by atoms with Crippen LogP contribution in [-0.2, 0) is 9.59 Å². The molecule has 1 aromatic carbocycles. The van der Waals surface area contributed by atoms with Crippen LogP contribution >= 0.6 is 0 Å². The number of nitrogens with zero attached hydrogens (tertiary/aromatic N) is 1. The summed E-state index contributed by atoms with van der Waals surface area (Å²) < 4.78 is 0. The molecule has 1 amide bonds.